The fraction of sp³-hybridized carbons (Fsp3) is 0.614. The minimum absolute atomic E-state index is 0.351. The van der Waals surface area contributed by atoms with Gasteiger partial charge in [0.15, 0.2) is 11.5 Å². The molecule has 0 spiro atoms. The Morgan fingerprint density at radius 3 is 1.22 bits per heavy atom. The van der Waals surface area contributed by atoms with E-state index >= 15 is 0 Å². The molecule has 0 radical (unpaired) electrons. The molecular weight excluding hydrogens is 813 g/mol. The molecule has 0 N–H and O–H groups in total. The first-order chi connectivity index (χ1) is 31.9. The standard InChI is InChI=1S/C57H86O8/c1-6-9-12-15-18-21-24-27-41-61-53-45-50(46-54(62-42-28-25-22-19-16-13-10-7-2)55(53)63-43-29-26-23-20-17-14-11-8-3)57(59)65-52-38-34-49(35-39-52)48-32-36-51(37-33-48)60-40-30-31-44-64-56(58)47(4)5/h32-39,45-46H,4,6-31,40-44H2,1-3,5H3. The molecule has 0 amide bonds. The summed E-state index contributed by atoms with van der Waals surface area (Å²) in [6.45, 7) is 14.5. The molecule has 8 heteroatoms. The molecule has 0 atom stereocenters. The van der Waals surface area contributed by atoms with Crippen LogP contribution in [0.3, 0.4) is 0 Å². The van der Waals surface area contributed by atoms with Crippen LogP contribution in [0.5, 0.6) is 28.7 Å². The molecule has 0 aliphatic rings. The molecule has 0 saturated heterocycles. The highest BCUT2D eigenvalue weighted by Gasteiger charge is 2.21. The van der Waals surface area contributed by atoms with E-state index in [9.17, 15) is 9.59 Å². The second-order valence-electron chi connectivity index (χ2n) is 17.7. The molecular formula is C57H86O8. The third-order valence-corrected chi connectivity index (χ3v) is 11.7. The summed E-state index contributed by atoms with van der Waals surface area (Å²) >= 11 is 0. The fourth-order valence-electron chi connectivity index (χ4n) is 7.60. The van der Waals surface area contributed by atoms with Crippen LogP contribution in [0.15, 0.2) is 72.8 Å². The first-order valence-corrected chi connectivity index (χ1v) is 25.8. The minimum Gasteiger partial charge on any atom is -0.494 e. The van der Waals surface area contributed by atoms with Crippen molar-refractivity contribution in [1.29, 1.82) is 0 Å². The van der Waals surface area contributed by atoms with Gasteiger partial charge in [-0.25, -0.2) is 9.59 Å². The first kappa shape index (κ1) is 54.9. The second kappa shape index (κ2) is 35.8. The van der Waals surface area contributed by atoms with Gasteiger partial charge in [0.25, 0.3) is 0 Å². The molecule has 362 valence electrons. The van der Waals surface area contributed by atoms with Gasteiger partial charge in [0, 0.05) is 5.57 Å². The molecule has 0 fully saturated rings. The Morgan fingerprint density at radius 1 is 0.431 bits per heavy atom. The number of benzene rings is 3. The van der Waals surface area contributed by atoms with Crippen LogP contribution in [0, 0.1) is 0 Å². The smallest absolute Gasteiger partial charge is 0.343 e. The van der Waals surface area contributed by atoms with Gasteiger partial charge in [-0.3, -0.25) is 0 Å². The maximum Gasteiger partial charge on any atom is 0.343 e. The molecule has 0 heterocycles. The van der Waals surface area contributed by atoms with Crippen molar-refractivity contribution < 1.29 is 38.0 Å². The lowest BCUT2D eigenvalue weighted by molar-refractivity contribution is -0.139. The quantitative estimate of drug-likeness (QED) is 0.0241. The first-order valence-electron chi connectivity index (χ1n) is 25.8. The SMILES string of the molecule is C=C(C)C(=O)OCCCCOc1ccc(-c2ccc(OC(=O)c3cc(OCCCCCCCCCC)c(OCCCCCCCCCC)c(OCCCCCCCCCC)c3)cc2)cc1. The number of ether oxygens (including phenoxy) is 6. The normalized spacial score (nSPS) is 11.0. The Bertz CT molecular complexity index is 1660. The van der Waals surface area contributed by atoms with Gasteiger partial charge in [0.05, 0.1) is 38.6 Å². The van der Waals surface area contributed by atoms with Crippen molar-refractivity contribution in [2.75, 3.05) is 33.0 Å². The molecule has 0 aromatic heterocycles. The number of rotatable bonds is 40. The molecule has 0 bridgehead atoms. The lowest BCUT2D eigenvalue weighted by Gasteiger charge is -2.19. The Morgan fingerprint density at radius 2 is 0.785 bits per heavy atom. The van der Waals surface area contributed by atoms with Crippen LogP contribution >= 0.6 is 0 Å². The predicted molar refractivity (Wildman–Crippen MR) is 268 cm³/mol. The van der Waals surface area contributed by atoms with Gasteiger partial charge in [-0.05, 0) is 86.6 Å². The van der Waals surface area contributed by atoms with Gasteiger partial charge in [-0.1, -0.05) is 186 Å². The molecule has 3 aromatic carbocycles. The van der Waals surface area contributed by atoms with E-state index in [1.165, 1.54) is 116 Å². The maximum absolute atomic E-state index is 13.9. The Kier molecular flexibility index (Phi) is 30.2. The summed E-state index contributed by atoms with van der Waals surface area (Å²) in [5.74, 6) is 2.05. The number of esters is 2. The van der Waals surface area contributed by atoms with Gasteiger partial charge in [0.2, 0.25) is 5.75 Å². The van der Waals surface area contributed by atoms with Gasteiger partial charge >= 0.3 is 11.9 Å². The summed E-state index contributed by atoms with van der Waals surface area (Å²) < 4.78 is 36.5. The number of hydrogen-bond acceptors (Lipinski definition) is 8. The molecule has 0 unspecified atom stereocenters. The molecule has 0 aliphatic heterocycles. The van der Waals surface area contributed by atoms with Crippen LogP contribution in [-0.4, -0.2) is 45.0 Å². The second-order valence-corrected chi connectivity index (χ2v) is 17.7. The number of hydrogen-bond donors (Lipinski definition) is 0. The highest BCUT2D eigenvalue weighted by molar-refractivity contribution is 5.93. The lowest BCUT2D eigenvalue weighted by Crippen LogP contribution is -2.12. The lowest BCUT2D eigenvalue weighted by atomic mass is 10.1. The van der Waals surface area contributed by atoms with Crippen molar-refractivity contribution in [2.45, 2.75) is 195 Å². The molecule has 65 heavy (non-hydrogen) atoms. The van der Waals surface area contributed by atoms with Crippen molar-refractivity contribution in [2.24, 2.45) is 0 Å². The summed E-state index contributed by atoms with van der Waals surface area (Å²) in [5.41, 5.74) is 2.78. The van der Waals surface area contributed by atoms with E-state index in [2.05, 4.69) is 27.4 Å². The average molecular weight is 899 g/mol. The zero-order valence-electron chi connectivity index (χ0n) is 41.2. The van der Waals surface area contributed by atoms with Gasteiger partial charge in [-0.2, -0.15) is 0 Å². The van der Waals surface area contributed by atoms with E-state index in [0.717, 1.165) is 68.2 Å². The van der Waals surface area contributed by atoms with E-state index in [1.54, 1.807) is 19.1 Å². The number of carbonyl (C=O) groups excluding carboxylic acids is 2. The van der Waals surface area contributed by atoms with Gasteiger partial charge < -0.3 is 28.4 Å². The topological polar surface area (TPSA) is 89.5 Å². The molecule has 0 aliphatic carbocycles. The van der Waals surface area contributed by atoms with Crippen LogP contribution < -0.4 is 23.7 Å². The van der Waals surface area contributed by atoms with Crippen LogP contribution in [0.25, 0.3) is 11.1 Å². The molecule has 3 rings (SSSR count). The highest BCUT2D eigenvalue weighted by Crippen LogP contribution is 2.40. The van der Waals surface area contributed by atoms with Crippen molar-refractivity contribution in [1.82, 2.24) is 0 Å². The van der Waals surface area contributed by atoms with E-state index in [-0.39, 0.29) is 5.97 Å². The zero-order valence-corrected chi connectivity index (χ0v) is 41.2. The van der Waals surface area contributed by atoms with Gasteiger partial charge in [0.1, 0.15) is 11.5 Å². The minimum atomic E-state index is -0.475. The summed E-state index contributed by atoms with van der Waals surface area (Å²) in [7, 11) is 0. The van der Waals surface area contributed by atoms with Crippen molar-refractivity contribution in [3.63, 3.8) is 0 Å². The number of carbonyl (C=O) groups is 2. The average Bonchev–Trinajstić information content (AvgIpc) is 3.31. The van der Waals surface area contributed by atoms with Crippen LogP contribution in [-0.2, 0) is 9.53 Å². The van der Waals surface area contributed by atoms with Crippen LogP contribution in [0.2, 0.25) is 0 Å². The predicted octanol–water partition coefficient (Wildman–Crippen LogP) is 16.4. The fourth-order valence-corrected chi connectivity index (χ4v) is 7.60. The van der Waals surface area contributed by atoms with E-state index < -0.39 is 5.97 Å². The molecule has 8 nitrogen and oxygen atoms in total. The summed E-state index contributed by atoms with van der Waals surface area (Å²) in [6.07, 6.45) is 30.6. The Labute approximate surface area is 394 Å². The van der Waals surface area contributed by atoms with Gasteiger partial charge in [-0.15, -0.1) is 0 Å². The summed E-state index contributed by atoms with van der Waals surface area (Å²) in [6, 6.07) is 19.0. The monoisotopic (exact) mass is 899 g/mol. The molecule has 0 saturated carbocycles. The number of unbranched alkanes of at least 4 members (excludes halogenated alkanes) is 22. The Hall–Kier alpha value is -4.46. The van der Waals surface area contributed by atoms with Crippen LogP contribution in [0.4, 0.5) is 0 Å². The largest absolute Gasteiger partial charge is 0.494 e. The molecule has 3 aromatic rings. The third-order valence-electron chi connectivity index (χ3n) is 11.7. The summed E-state index contributed by atoms with van der Waals surface area (Å²) in [4.78, 5) is 25.4. The van der Waals surface area contributed by atoms with E-state index in [0.29, 0.717) is 67.2 Å². The third kappa shape index (κ3) is 24.6. The summed E-state index contributed by atoms with van der Waals surface area (Å²) in [5, 5.41) is 0. The Balaban J connectivity index is 1.69. The zero-order chi connectivity index (χ0) is 46.6. The van der Waals surface area contributed by atoms with Crippen molar-refractivity contribution in [3.05, 3.63) is 78.4 Å². The van der Waals surface area contributed by atoms with Crippen LogP contribution in [0.1, 0.15) is 205 Å². The van der Waals surface area contributed by atoms with E-state index in [4.69, 9.17) is 28.4 Å². The maximum atomic E-state index is 13.9. The van der Waals surface area contributed by atoms with Crippen molar-refractivity contribution in [3.8, 4) is 39.9 Å². The van der Waals surface area contributed by atoms with Crippen molar-refractivity contribution >= 4 is 11.9 Å². The highest BCUT2D eigenvalue weighted by atomic mass is 16.5. The van der Waals surface area contributed by atoms with E-state index in [1.807, 2.05) is 48.5 Å².